The Morgan fingerprint density at radius 1 is 1.15 bits per heavy atom. The number of nitrogens with zero attached hydrogens (tertiary/aromatic N) is 1. The summed E-state index contributed by atoms with van der Waals surface area (Å²) in [4.78, 5) is 14.2. The lowest BCUT2D eigenvalue weighted by Gasteiger charge is -2.27. The third-order valence-electron chi connectivity index (χ3n) is 4.51. The highest BCUT2D eigenvalue weighted by atomic mass is 19.1. The maximum atomic E-state index is 13.8. The summed E-state index contributed by atoms with van der Waals surface area (Å²) in [6.45, 7) is 0.488. The van der Waals surface area contributed by atoms with Gasteiger partial charge in [-0.1, -0.05) is 6.07 Å². The maximum Gasteiger partial charge on any atom is 0.322 e. The number of hydrogen-bond donors (Lipinski definition) is 1. The molecule has 0 aromatic heterocycles. The van der Waals surface area contributed by atoms with Crippen LogP contribution in [-0.4, -0.2) is 31.7 Å². The number of rotatable bonds is 4. The van der Waals surface area contributed by atoms with Crippen LogP contribution >= 0.6 is 0 Å². The fourth-order valence-corrected chi connectivity index (χ4v) is 3.22. The average molecular weight is 362 g/mol. The molecule has 1 aliphatic heterocycles. The fourth-order valence-electron chi connectivity index (χ4n) is 3.22. The number of para-hydroxylation sites is 1. The number of halogens is 2. The van der Waals surface area contributed by atoms with Gasteiger partial charge in [0.15, 0.2) is 0 Å². The molecule has 0 bridgehead atoms. The van der Waals surface area contributed by atoms with Gasteiger partial charge in [-0.05, 0) is 37.1 Å². The molecule has 1 saturated heterocycles. The Kier molecular flexibility index (Phi) is 5.25. The number of hydrogen-bond acceptors (Lipinski definition) is 3. The number of benzene rings is 2. The molecule has 1 fully saturated rings. The summed E-state index contributed by atoms with van der Waals surface area (Å²) in [6, 6.07) is 8.06. The van der Waals surface area contributed by atoms with Gasteiger partial charge >= 0.3 is 6.03 Å². The Bertz CT molecular complexity index is 793. The summed E-state index contributed by atoms with van der Waals surface area (Å²) >= 11 is 0. The normalized spacial score (nSPS) is 16.5. The minimum atomic E-state index is -0.809. The highest BCUT2D eigenvalue weighted by molar-refractivity contribution is 5.90. The Morgan fingerprint density at radius 2 is 1.88 bits per heavy atom. The second-order valence-corrected chi connectivity index (χ2v) is 5.99. The van der Waals surface area contributed by atoms with Crippen molar-refractivity contribution in [2.75, 3.05) is 26.1 Å². The minimum absolute atomic E-state index is 0.245. The summed E-state index contributed by atoms with van der Waals surface area (Å²) in [7, 11) is 3.11. The third kappa shape index (κ3) is 3.42. The van der Waals surface area contributed by atoms with E-state index in [0.717, 1.165) is 30.5 Å². The van der Waals surface area contributed by atoms with Gasteiger partial charge < -0.3 is 19.7 Å². The van der Waals surface area contributed by atoms with Crippen molar-refractivity contribution in [2.24, 2.45) is 0 Å². The quantitative estimate of drug-likeness (QED) is 0.880. The van der Waals surface area contributed by atoms with E-state index in [2.05, 4.69) is 5.32 Å². The van der Waals surface area contributed by atoms with E-state index >= 15 is 0 Å². The SMILES string of the molecule is COc1ccc(C2CCCN2C(=O)Nc2c(F)cccc2F)c(OC)c1. The smallest absolute Gasteiger partial charge is 0.322 e. The number of anilines is 1. The molecule has 5 nitrogen and oxygen atoms in total. The van der Waals surface area contributed by atoms with Crippen LogP contribution in [-0.2, 0) is 0 Å². The average Bonchev–Trinajstić information content (AvgIpc) is 3.13. The van der Waals surface area contributed by atoms with Crippen molar-refractivity contribution in [1.29, 1.82) is 0 Å². The van der Waals surface area contributed by atoms with E-state index in [4.69, 9.17) is 9.47 Å². The zero-order valence-corrected chi connectivity index (χ0v) is 14.6. The number of carbonyl (C=O) groups excluding carboxylic acids is 1. The first-order valence-corrected chi connectivity index (χ1v) is 8.28. The second-order valence-electron chi connectivity index (χ2n) is 5.99. The van der Waals surface area contributed by atoms with Gasteiger partial charge in [0.05, 0.1) is 20.3 Å². The summed E-state index contributed by atoms with van der Waals surface area (Å²) in [5, 5.41) is 2.35. The number of nitrogens with one attached hydrogen (secondary N) is 1. The number of amides is 2. The van der Waals surface area contributed by atoms with E-state index in [1.807, 2.05) is 6.07 Å². The van der Waals surface area contributed by atoms with E-state index < -0.39 is 23.4 Å². The zero-order chi connectivity index (χ0) is 18.7. The van der Waals surface area contributed by atoms with Gasteiger partial charge in [0.2, 0.25) is 0 Å². The standard InChI is InChI=1S/C19H20F2N2O3/c1-25-12-8-9-13(17(11-12)26-2)16-7-4-10-23(16)19(24)22-18-14(20)5-3-6-15(18)21/h3,5-6,8-9,11,16H,4,7,10H2,1-2H3,(H,22,24). The Labute approximate surface area is 150 Å². The molecule has 138 valence electrons. The monoisotopic (exact) mass is 362 g/mol. The molecule has 7 heteroatoms. The largest absolute Gasteiger partial charge is 0.497 e. The van der Waals surface area contributed by atoms with Crippen molar-refractivity contribution in [2.45, 2.75) is 18.9 Å². The van der Waals surface area contributed by atoms with Crippen LogP contribution in [0.15, 0.2) is 36.4 Å². The lowest BCUT2D eigenvalue weighted by molar-refractivity contribution is 0.205. The predicted octanol–water partition coefficient (Wildman–Crippen LogP) is 4.35. The summed E-state index contributed by atoms with van der Waals surface area (Å²) in [5.74, 6) is -0.369. The maximum absolute atomic E-state index is 13.8. The molecule has 1 unspecified atom stereocenters. The molecule has 26 heavy (non-hydrogen) atoms. The van der Waals surface area contributed by atoms with Crippen LogP contribution in [0.3, 0.4) is 0 Å². The molecule has 0 saturated carbocycles. The van der Waals surface area contributed by atoms with Gasteiger partial charge in [0.25, 0.3) is 0 Å². The lowest BCUT2D eigenvalue weighted by atomic mass is 10.0. The number of ether oxygens (including phenoxy) is 2. The molecule has 2 aromatic carbocycles. The molecule has 0 radical (unpaired) electrons. The molecule has 1 N–H and O–H groups in total. The van der Waals surface area contributed by atoms with Crippen molar-refractivity contribution >= 4 is 11.7 Å². The Morgan fingerprint density at radius 3 is 2.54 bits per heavy atom. The highest BCUT2D eigenvalue weighted by Gasteiger charge is 2.32. The Hall–Kier alpha value is -2.83. The van der Waals surface area contributed by atoms with E-state index in [1.54, 1.807) is 31.3 Å². The fraction of sp³-hybridized carbons (Fsp3) is 0.316. The van der Waals surface area contributed by atoms with E-state index in [0.29, 0.717) is 18.0 Å². The molecule has 1 atom stereocenters. The van der Waals surface area contributed by atoms with E-state index in [1.165, 1.54) is 6.07 Å². The first-order valence-electron chi connectivity index (χ1n) is 8.28. The number of urea groups is 1. The molecule has 2 aromatic rings. The molecular weight excluding hydrogens is 342 g/mol. The van der Waals surface area contributed by atoms with Crippen LogP contribution < -0.4 is 14.8 Å². The highest BCUT2D eigenvalue weighted by Crippen LogP contribution is 2.39. The van der Waals surface area contributed by atoms with E-state index in [9.17, 15) is 13.6 Å². The van der Waals surface area contributed by atoms with Crippen molar-refractivity contribution < 1.29 is 23.0 Å². The van der Waals surface area contributed by atoms with E-state index in [-0.39, 0.29) is 6.04 Å². The van der Waals surface area contributed by atoms with Gasteiger partial charge in [-0.15, -0.1) is 0 Å². The third-order valence-corrected chi connectivity index (χ3v) is 4.51. The number of likely N-dealkylation sites (tertiary alicyclic amines) is 1. The van der Waals surface area contributed by atoms with Crippen LogP contribution in [0.1, 0.15) is 24.4 Å². The zero-order valence-electron chi connectivity index (χ0n) is 14.6. The first-order chi connectivity index (χ1) is 12.5. The predicted molar refractivity (Wildman–Crippen MR) is 93.6 cm³/mol. The molecular formula is C19H20F2N2O3. The molecule has 0 aliphatic carbocycles. The minimum Gasteiger partial charge on any atom is -0.497 e. The van der Waals surface area contributed by atoms with Crippen LogP contribution in [0.2, 0.25) is 0 Å². The van der Waals surface area contributed by atoms with Gasteiger partial charge in [0, 0.05) is 18.2 Å². The number of carbonyl (C=O) groups is 1. The molecule has 1 heterocycles. The molecule has 0 spiro atoms. The first kappa shape index (κ1) is 18.0. The molecule has 1 aliphatic rings. The Balaban J connectivity index is 1.85. The molecule has 3 rings (SSSR count). The summed E-state index contributed by atoms with van der Waals surface area (Å²) in [5.41, 5.74) is 0.389. The van der Waals surface area contributed by atoms with Crippen molar-refractivity contribution in [3.05, 3.63) is 53.6 Å². The summed E-state index contributed by atoms with van der Waals surface area (Å²) < 4.78 is 38.2. The van der Waals surface area contributed by atoms with Crippen LogP contribution in [0.4, 0.5) is 19.3 Å². The van der Waals surface area contributed by atoms with Gasteiger partial charge in [-0.3, -0.25) is 0 Å². The van der Waals surface area contributed by atoms with Crippen molar-refractivity contribution in [3.63, 3.8) is 0 Å². The van der Waals surface area contributed by atoms with Crippen LogP contribution in [0.25, 0.3) is 0 Å². The topological polar surface area (TPSA) is 50.8 Å². The second kappa shape index (κ2) is 7.59. The molecule has 2 amide bonds. The van der Waals surface area contributed by atoms with Crippen molar-refractivity contribution in [3.8, 4) is 11.5 Å². The number of methoxy groups -OCH3 is 2. The lowest BCUT2D eigenvalue weighted by Crippen LogP contribution is -2.35. The summed E-state index contributed by atoms with van der Waals surface area (Å²) in [6.07, 6.45) is 1.52. The van der Waals surface area contributed by atoms with Gasteiger partial charge in [-0.25, -0.2) is 13.6 Å². The van der Waals surface area contributed by atoms with Crippen LogP contribution in [0.5, 0.6) is 11.5 Å². The van der Waals surface area contributed by atoms with Gasteiger partial charge in [-0.2, -0.15) is 0 Å². The van der Waals surface area contributed by atoms with Crippen molar-refractivity contribution in [1.82, 2.24) is 4.90 Å². The van der Waals surface area contributed by atoms with Gasteiger partial charge in [0.1, 0.15) is 28.8 Å². The van der Waals surface area contributed by atoms with Crippen LogP contribution in [0, 0.1) is 11.6 Å².